The number of nitrogens with zero attached hydrogens (tertiary/aromatic N) is 10. The average Bonchev–Trinajstić information content (AvgIpc) is 1.59. The van der Waals surface area contributed by atoms with E-state index in [1.54, 1.807) is 0 Å². The standard InChI is InChI=1S/C75H49N5.C63H41N5/c1-5-17-50(18-6-1)52-29-35-55(36-30-52)73-76-74(56-37-31-53(32-38-56)51-19-7-2-8-20-51)78-75(77-73)57-39-33-54(34-40-57)60-45-61(58-41-43-71-67(48-58)65-25-13-15-27-69(65)79(71)63-21-9-3-10-22-63)47-62(46-60)59-42-44-72-68(49-59)66-26-14-16-28-70(66)80(72)64-23-11-4-12-24-64;1-5-17-43(18-6-1)61-64-62(44-19-7-2-8-20-44)66-63(65-61)45-31-29-42(30-32-45)48-37-49(46-33-35-59-55(40-46)53-25-13-15-27-57(53)67(59)51-21-9-3-10-22-51)39-50(38-48)47-34-36-60-56(41-47)54-26-14-16-28-58(54)68(60)52-23-11-4-12-24-52/h1-49H;1-41H. The van der Waals surface area contributed by atoms with Gasteiger partial charge in [-0.25, -0.2) is 29.9 Å². The lowest BCUT2D eigenvalue weighted by atomic mass is 9.92. The maximum Gasteiger partial charge on any atom is 0.164 e. The molecule has 0 amide bonds. The number of hydrogen-bond acceptors (Lipinski definition) is 6. The Balaban J connectivity index is 0.000000148. The molecule has 0 radical (unpaired) electrons. The molecule has 28 rings (SSSR count). The first kappa shape index (κ1) is 87.1. The average molecular weight is 1890 g/mol. The summed E-state index contributed by atoms with van der Waals surface area (Å²) in [6.45, 7) is 0. The third kappa shape index (κ3) is 16.3. The maximum absolute atomic E-state index is 5.19. The highest BCUT2D eigenvalue weighted by molar-refractivity contribution is 6.15. The summed E-state index contributed by atoms with van der Waals surface area (Å²) in [6, 6.07) is 195. The van der Waals surface area contributed by atoms with Gasteiger partial charge in [0.15, 0.2) is 34.9 Å². The molecule has 0 bridgehead atoms. The maximum atomic E-state index is 5.19. The van der Waals surface area contributed by atoms with E-state index in [-0.39, 0.29) is 0 Å². The van der Waals surface area contributed by atoms with Crippen molar-refractivity contribution < 1.29 is 0 Å². The van der Waals surface area contributed by atoms with Crippen molar-refractivity contribution in [3.8, 4) is 180 Å². The van der Waals surface area contributed by atoms with Crippen LogP contribution in [0.4, 0.5) is 0 Å². The number of para-hydroxylation sites is 8. The van der Waals surface area contributed by atoms with Gasteiger partial charge in [-0.15, -0.1) is 0 Å². The SMILES string of the molecule is c1ccc(-c2ccc(-c3nc(-c4ccc(-c5ccccc5)cc4)nc(-c4ccc(-c5cc(-c6ccc7c(c6)c6ccccc6n7-c6ccccc6)cc(-c6ccc7c(c6)c6ccccc6n7-c6ccccc6)c5)cc4)n3)cc2)cc1.c1ccc(-c2nc(-c3ccccc3)nc(-c3ccc(-c4cc(-c5ccc6c(c5)c5ccccc5n6-c5ccccc5)cc(-c5ccc6c(c5)c5ccccc5n6-c5ccccc5)c4)cc3)n2)cc1. The van der Waals surface area contributed by atoms with E-state index in [0.29, 0.717) is 34.9 Å². The van der Waals surface area contributed by atoms with E-state index in [1.165, 1.54) is 87.2 Å². The molecule has 28 aromatic rings. The Hall–Kier alpha value is -19.9. The lowest BCUT2D eigenvalue weighted by Gasteiger charge is -2.13. The Labute approximate surface area is 855 Å². The van der Waals surface area contributed by atoms with Gasteiger partial charge in [-0.05, 0) is 247 Å². The lowest BCUT2D eigenvalue weighted by molar-refractivity contribution is 1.07. The highest BCUT2D eigenvalue weighted by Crippen LogP contribution is 2.46. The van der Waals surface area contributed by atoms with Crippen molar-refractivity contribution in [2.45, 2.75) is 0 Å². The molecule has 692 valence electrons. The summed E-state index contributed by atoms with van der Waals surface area (Å²) in [5, 5.41) is 9.75. The molecule has 22 aromatic carbocycles. The molecule has 0 aliphatic rings. The lowest BCUT2D eigenvalue weighted by Crippen LogP contribution is -2.00. The fraction of sp³-hybridized carbons (Fsp3) is 0. The first-order chi connectivity index (χ1) is 73.3. The van der Waals surface area contributed by atoms with E-state index >= 15 is 0 Å². The number of fused-ring (bicyclic) bond motifs is 12. The summed E-state index contributed by atoms with van der Waals surface area (Å²) in [5.74, 6) is 3.75. The Kier molecular flexibility index (Phi) is 22.1. The van der Waals surface area contributed by atoms with Gasteiger partial charge in [0, 0.05) is 99.2 Å². The fourth-order valence-corrected chi connectivity index (χ4v) is 21.5. The molecule has 0 saturated carbocycles. The zero-order chi connectivity index (χ0) is 97.9. The predicted molar refractivity (Wildman–Crippen MR) is 613 cm³/mol. The van der Waals surface area contributed by atoms with E-state index in [4.69, 9.17) is 29.9 Å². The number of benzene rings is 22. The van der Waals surface area contributed by atoms with Crippen LogP contribution in [-0.4, -0.2) is 48.2 Å². The second kappa shape index (κ2) is 37.5. The van der Waals surface area contributed by atoms with Crippen LogP contribution in [0.15, 0.2) is 546 Å². The van der Waals surface area contributed by atoms with Gasteiger partial charge in [-0.2, -0.15) is 0 Å². The second-order valence-corrected chi connectivity index (χ2v) is 37.7. The zero-order valence-corrected chi connectivity index (χ0v) is 80.4. The molecule has 6 heterocycles. The van der Waals surface area contributed by atoms with Crippen molar-refractivity contribution in [1.29, 1.82) is 0 Å². The third-order valence-electron chi connectivity index (χ3n) is 28.7. The molecule has 10 nitrogen and oxygen atoms in total. The van der Waals surface area contributed by atoms with Crippen LogP contribution in [0.1, 0.15) is 0 Å². The van der Waals surface area contributed by atoms with Crippen LogP contribution in [0.3, 0.4) is 0 Å². The van der Waals surface area contributed by atoms with Crippen LogP contribution in [0.5, 0.6) is 0 Å². The summed E-state index contributed by atoms with van der Waals surface area (Å²) >= 11 is 0. The van der Waals surface area contributed by atoms with E-state index in [9.17, 15) is 0 Å². The summed E-state index contributed by atoms with van der Waals surface area (Å²) in [7, 11) is 0. The minimum absolute atomic E-state index is 0.608. The van der Waals surface area contributed by atoms with Crippen molar-refractivity contribution in [3.63, 3.8) is 0 Å². The van der Waals surface area contributed by atoms with E-state index in [2.05, 4.69) is 491 Å². The van der Waals surface area contributed by atoms with Gasteiger partial charge in [-0.1, -0.05) is 388 Å². The van der Waals surface area contributed by atoms with Crippen LogP contribution in [0.25, 0.3) is 267 Å². The van der Waals surface area contributed by atoms with Crippen molar-refractivity contribution in [1.82, 2.24) is 48.2 Å². The normalized spacial score (nSPS) is 11.5. The van der Waals surface area contributed by atoms with Crippen LogP contribution in [0.2, 0.25) is 0 Å². The van der Waals surface area contributed by atoms with Crippen molar-refractivity contribution >= 4 is 87.2 Å². The Bertz CT molecular complexity index is 9370. The third-order valence-corrected chi connectivity index (χ3v) is 28.7. The smallest absolute Gasteiger partial charge is 0.164 e. The Morgan fingerprint density at radius 1 is 0.0946 bits per heavy atom. The van der Waals surface area contributed by atoms with Gasteiger partial charge in [0.2, 0.25) is 0 Å². The summed E-state index contributed by atoms with van der Waals surface area (Å²) < 4.78 is 9.50. The van der Waals surface area contributed by atoms with E-state index in [0.717, 1.165) is 145 Å². The quantitative estimate of drug-likeness (QED) is 0.0849. The number of rotatable bonds is 18. The molecule has 0 aliphatic carbocycles. The van der Waals surface area contributed by atoms with Gasteiger partial charge >= 0.3 is 0 Å². The summed E-state index contributed by atoms with van der Waals surface area (Å²) in [6.07, 6.45) is 0. The predicted octanol–water partition coefficient (Wildman–Crippen LogP) is 35.5. The number of aromatic nitrogens is 10. The van der Waals surface area contributed by atoms with Crippen molar-refractivity contribution in [3.05, 3.63) is 546 Å². The summed E-state index contributed by atoms with van der Waals surface area (Å²) in [5.41, 5.74) is 37.7. The van der Waals surface area contributed by atoms with E-state index in [1.807, 2.05) is 72.8 Å². The van der Waals surface area contributed by atoms with Crippen LogP contribution in [0, 0.1) is 0 Å². The molecule has 0 fully saturated rings. The minimum atomic E-state index is 0.608. The largest absolute Gasteiger partial charge is 0.309 e. The summed E-state index contributed by atoms with van der Waals surface area (Å²) in [4.78, 5) is 30.5. The highest BCUT2D eigenvalue weighted by Gasteiger charge is 2.24. The van der Waals surface area contributed by atoms with Crippen LogP contribution < -0.4 is 0 Å². The molecule has 148 heavy (non-hydrogen) atoms. The highest BCUT2D eigenvalue weighted by atomic mass is 15.1. The zero-order valence-electron chi connectivity index (χ0n) is 80.4. The molecule has 0 aliphatic heterocycles. The van der Waals surface area contributed by atoms with Crippen molar-refractivity contribution in [2.24, 2.45) is 0 Å². The Morgan fingerprint density at radius 2 is 0.236 bits per heavy atom. The monoisotopic (exact) mass is 1890 g/mol. The molecule has 0 unspecified atom stereocenters. The first-order valence-corrected chi connectivity index (χ1v) is 50.2. The Morgan fingerprint density at radius 3 is 0.453 bits per heavy atom. The topological polar surface area (TPSA) is 97.1 Å². The van der Waals surface area contributed by atoms with Gasteiger partial charge < -0.3 is 18.3 Å². The van der Waals surface area contributed by atoms with E-state index < -0.39 is 0 Å². The molecule has 10 heteroatoms. The van der Waals surface area contributed by atoms with Gasteiger partial charge in [0.1, 0.15) is 0 Å². The minimum Gasteiger partial charge on any atom is -0.309 e. The number of hydrogen-bond donors (Lipinski definition) is 0. The molecule has 0 N–H and O–H groups in total. The molecule has 0 spiro atoms. The first-order valence-electron chi connectivity index (χ1n) is 50.2. The van der Waals surface area contributed by atoms with Gasteiger partial charge in [0.25, 0.3) is 0 Å². The molecular weight excluding hydrogens is 1800 g/mol. The second-order valence-electron chi connectivity index (χ2n) is 37.7. The van der Waals surface area contributed by atoms with Crippen LogP contribution >= 0.6 is 0 Å². The fourth-order valence-electron chi connectivity index (χ4n) is 21.5. The molecule has 0 atom stereocenters. The van der Waals surface area contributed by atoms with Gasteiger partial charge in [-0.3, -0.25) is 0 Å². The molecule has 0 saturated heterocycles. The molecule has 6 aromatic heterocycles. The van der Waals surface area contributed by atoms with Gasteiger partial charge in [0.05, 0.1) is 44.1 Å². The van der Waals surface area contributed by atoms with Crippen LogP contribution in [-0.2, 0) is 0 Å². The molecular formula is C138H90N10. The van der Waals surface area contributed by atoms with Crippen molar-refractivity contribution in [2.75, 3.05) is 0 Å².